The quantitative estimate of drug-likeness (QED) is 0.747. The number of hydrogen-bond donors (Lipinski definition) is 3. The van der Waals surface area contributed by atoms with Crippen LogP contribution in [0.15, 0.2) is 18.2 Å². The van der Waals surface area contributed by atoms with E-state index in [1.807, 2.05) is 13.8 Å². The van der Waals surface area contributed by atoms with Crippen LogP contribution in [-0.4, -0.2) is 23.0 Å². The van der Waals surface area contributed by atoms with Gasteiger partial charge < -0.3 is 16.2 Å². The van der Waals surface area contributed by atoms with Crippen molar-refractivity contribution in [2.75, 3.05) is 5.32 Å². The number of primary amides is 1. The molecule has 0 spiro atoms. The summed E-state index contributed by atoms with van der Waals surface area (Å²) in [4.78, 5) is 22.6. The first-order valence-corrected chi connectivity index (χ1v) is 6.28. The number of rotatable bonds is 6. The summed E-state index contributed by atoms with van der Waals surface area (Å²) in [5.74, 6) is -1.48. The number of carbonyl (C=O) groups is 2. The van der Waals surface area contributed by atoms with Gasteiger partial charge in [-0.1, -0.05) is 31.5 Å². The lowest BCUT2D eigenvalue weighted by molar-refractivity contribution is -0.138. The van der Waals surface area contributed by atoms with Gasteiger partial charge in [0, 0.05) is 5.69 Å². The largest absolute Gasteiger partial charge is 0.480 e. The van der Waals surface area contributed by atoms with E-state index in [9.17, 15) is 14.7 Å². The Labute approximate surface area is 116 Å². The Bertz CT molecular complexity index is 489. The van der Waals surface area contributed by atoms with Crippen LogP contribution in [0.3, 0.4) is 0 Å². The molecule has 0 radical (unpaired) electrons. The van der Waals surface area contributed by atoms with Crippen LogP contribution in [0.1, 0.15) is 30.6 Å². The molecule has 5 nitrogen and oxygen atoms in total. The van der Waals surface area contributed by atoms with Gasteiger partial charge in [0.25, 0.3) is 5.91 Å². The van der Waals surface area contributed by atoms with Gasteiger partial charge in [-0.2, -0.15) is 0 Å². The van der Waals surface area contributed by atoms with Gasteiger partial charge in [0.1, 0.15) is 6.04 Å². The number of nitrogens with one attached hydrogen (secondary N) is 1. The predicted molar refractivity (Wildman–Crippen MR) is 74.5 cm³/mol. The van der Waals surface area contributed by atoms with Crippen LogP contribution in [-0.2, 0) is 4.79 Å². The predicted octanol–water partition coefficient (Wildman–Crippen LogP) is 2.35. The first-order chi connectivity index (χ1) is 8.82. The number of hydrogen-bond acceptors (Lipinski definition) is 3. The highest BCUT2D eigenvalue weighted by atomic mass is 35.5. The summed E-state index contributed by atoms with van der Waals surface area (Å²) in [6.45, 7) is 3.84. The summed E-state index contributed by atoms with van der Waals surface area (Å²) in [7, 11) is 0. The van der Waals surface area contributed by atoms with Gasteiger partial charge in [0.15, 0.2) is 0 Å². The van der Waals surface area contributed by atoms with Crippen LogP contribution >= 0.6 is 11.6 Å². The third kappa shape index (κ3) is 4.13. The molecule has 0 heterocycles. The van der Waals surface area contributed by atoms with E-state index in [-0.39, 0.29) is 16.5 Å². The Morgan fingerprint density at radius 3 is 2.53 bits per heavy atom. The van der Waals surface area contributed by atoms with E-state index >= 15 is 0 Å². The standard InChI is InChI=1S/C13H17ClN2O3/c1-7(2)6-10(13(18)19)16-9-5-3-4-8(14)11(9)12(15)17/h3-5,7,10,16H,6H2,1-2H3,(H2,15,17)(H,18,19). The zero-order valence-electron chi connectivity index (χ0n) is 10.8. The molecule has 6 heteroatoms. The van der Waals surface area contributed by atoms with Gasteiger partial charge in [-0.25, -0.2) is 4.79 Å². The van der Waals surface area contributed by atoms with E-state index in [4.69, 9.17) is 17.3 Å². The van der Waals surface area contributed by atoms with Gasteiger partial charge in [0.05, 0.1) is 10.6 Å². The van der Waals surface area contributed by atoms with E-state index in [0.717, 1.165) is 0 Å². The number of benzene rings is 1. The number of nitrogens with two attached hydrogens (primary N) is 1. The molecule has 0 aliphatic heterocycles. The molecule has 1 aromatic carbocycles. The lowest BCUT2D eigenvalue weighted by Crippen LogP contribution is -2.31. The molecule has 1 rings (SSSR count). The fraction of sp³-hybridized carbons (Fsp3) is 0.385. The van der Waals surface area contributed by atoms with Gasteiger partial charge in [-0.3, -0.25) is 4.79 Å². The number of carboxylic acid groups (broad SMARTS) is 1. The number of anilines is 1. The van der Waals surface area contributed by atoms with Crippen LogP contribution in [0.2, 0.25) is 5.02 Å². The van der Waals surface area contributed by atoms with Gasteiger partial charge in [0.2, 0.25) is 0 Å². The number of carbonyl (C=O) groups excluding carboxylic acids is 1. The maximum atomic E-state index is 11.4. The van der Waals surface area contributed by atoms with Crippen molar-refractivity contribution in [3.05, 3.63) is 28.8 Å². The molecule has 1 aromatic rings. The normalized spacial score (nSPS) is 12.2. The SMILES string of the molecule is CC(C)CC(Nc1cccc(Cl)c1C(N)=O)C(=O)O. The molecule has 0 fully saturated rings. The average molecular weight is 285 g/mol. The van der Waals surface area contributed by atoms with Gasteiger partial charge in [-0.05, 0) is 24.5 Å². The molecular formula is C13H17ClN2O3. The molecule has 19 heavy (non-hydrogen) atoms. The van der Waals surface area contributed by atoms with Crippen LogP contribution in [0, 0.1) is 5.92 Å². The first-order valence-electron chi connectivity index (χ1n) is 5.90. The second kappa shape index (κ2) is 6.43. The lowest BCUT2D eigenvalue weighted by atomic mass is 10.0. The lowest BCUT2D eigenvalue weighted by Gasteiger charge is -2.19. The molecule has 104 valence electrons. The second-order valence-corrected chi connectivity index (χ2v) is 5.10. The fourth-order valence-electron chi connectivity index (χ4n) is 1.78. The van der Waals surface area contributed by atoms with Crippen molar-refractivity contribution in [3.63, 3.8) is 0 Å². The molecule has 1 amide bonds. The average Bonchev–Trinajstić information content (AvgIpc) is 2.26. The Kier molecular flexibility index (Phi) is 5.18. The van der Waals surface area contributed by atoms with E-state index in [0.29, 0.717) is 12.1 Å². The molecule has 0 bridgehead atoms. The van der Waals surface area contributed by atoms with E-state index in [1.54, 1.807) is 12.1 Å². The minimum atomic E-state index is -0.982. The van der Waals surface area contributed by atoms with Crippen molar-refractivity contribution in [1.29, 1.82) is 0 Å². The van der Waals surface area contributed by atoms with Crippen LogP contribution in [0.4, 0.5) is 5.69 Å². The maximum Gasteiger partial charge on any atom is 0.326 e. The number of carboxylic acids is 1. The van der Waals surface area contributed by atoms with E-state index in [1.165, 1.54) is 6.07 Å². The van der Waals surface area contributed by atoms with Crippen molar-refractivity contribution < 1.29 is 14.7 Å². The number of aliphatic carboxylic acids is 1. The highest BCUT2D eigenvalue weighted by Crippen LogP contribution is 2.25. The van der Waals surface area contributed by atoms with Gasteiger partial charge in [-0.15, -0.1) is 0 Å². The molecular weight excluding hydrogens is 268 g/mol. The van der Waals surface area contributed by atoms with Crippen LogP contribution in [0.5, 0.6) is 0 Å². The summed E-state index contributed by atoms with van der Waals surface area (Å²) in [5.41, 5.74) is 5.71. The Balaban J connectivity index is 3.06. The minimum absolute atomic E-state index is 0.110. The zero-order valence-corrected chi connectivity index (χ0v) is 11.6. The monoisotopic (exact) mass is 284 g/mol. The summed E-state index contributed by atoms with van der Waals surface area (Å²) in [5, 5.41) is 12.2. The zero-order chi connectivity index (χ0) is 14.6. The third-order valence-electron chi connectivity index (χ3n) is 2.59. The molecule has 0 saturated carbocycles. The molecule has 1 unspecified atom stereocenters. The maximum absolute atomic E-state index is 11.4. The smallest absolute Gasteiger partial charge is 0.326 e. The highest BCUT2D eigenvalue weighted by Gasteiger charge is 2.21. The van der Waals surface area contributed by atoms with E-state index in [2.05, 4.69) is 5.32 Å². The molecule has 4 N–H and O–H groups in total. The van der Waals surface area contributed by atoms with Gasteiger partial charge >= 0.3 is 5.97 Å². The minimum Gasteiger partial charge on any atom is -0.480 e. The highest BCUT2D eigenvalue weighted by molar-refractivity contribution is 6.34. The van der Waals surface area contributed by atoms with Crippen molar-refractivity contribution >= 4 is 29.2 Å². The first kappa shape index (κ1) is 15.3. The van der Waals surface area contributed by atoms with Crippen LogP contribution < -0.4 is 11.1 Å². The third-order valence-corrected chi connectivity index (χ3v) is 2.91. The van der Waals surface area contributed by atoms with Crippen molar-refractivity contribution in [1.82, 2.24) is 0 Å². The molecule has 0 aromatic heterocycles. The number of amides is 1. The Hall–Kier alpha value is -1.75. The Morgan fingerprint density at radius 1 is 1.42 bits per heavy atom. The summed E-state index contributed by atoms with van der Waals surface area (Å²) >= 11 is 5.90. The van der Waals surface area contributed by atoms with Crippen molar-refractivity contribution in [2.24, 2.45) is 11.7 Å². The molecule has 0 aliphatic rings. The Morgan fingerprint density at radius 2 is 2.05 bits per heavy atom. The van der Waals surface area contributed by atoms with Crippen molar-refractivity contribution in [3.8, 4) is 0 Å². The fourth-order valence-corrected chi connectivity index (χ4v) is 2.04. The summed E-state index contributed by atoms with van der Waals surface area (Å²) < 4.78 is 0. The van der Waals surface area contributed by atoms with E-state index < -0.39 is 17.9 Å². The number of halogens is 1. The van der Waals surface area contributed by atoms with Crippen LogP contribution in [0.25, 0.3) is 0 Å². The second-order valence-electron chi connectivity index (χ2n) is 4.69. The van der Waals surface area contributed by atoms with Crippen molar-refractivity contribution in [2.45, 2.75) is 26.3 Å². The molecule has 0 saturated heterocycles. The summed E-state index contributed by atoms with van der Waals surface area (Å²) in [6, 6.07) is 3.95. The molecule has 1 atom stereocenters. The molecule has 0 aliphatic carbocycles. The topological polar surface area (TPSA) is 92.4 Å². The summed E-state index contributed by atoms with van der Waals surface area (Å²) in [6.07, 6.45) is 0.431.